The third kappa shape index (κ3) is 3.33. The number of hydrogen-bond donors (Lipinski definition) is 2. The van der Waals surface area contributed by atoms with E-state index in [-0.39, 0.29) is 11.8 Å². The van der Waals surface area contributed by atoms with Crippen molar-refractivity contribution in [1.29, 1.82) is 0 Å². The topological polar surface area (TPSA) is 92.4 Å². The van der Waals surface area contributed by atoms with Gasteiger partial charge >= 0.3 is 5.97 Å². The van der Waals surface area contributed by atoms with Gasteiger partial charge in [0, 0.05) is 12.1 Å². The van der Waals surface area contributed by atoms with E-state index in [0.29, 0.717) is 18.5 Å². The van der Waals surface area contributed by atoms with Crippen LogP contribution in [0.2, 0.25) is 0 Å². The Bertz CT molecular complexity index is 469. The molecule has 6 heteroatoms. The number of aliphatic carboxylic acids is 1. The van der Waals surface area contributed by atoms with Crippen LogP contribution in [-0.4, -0.2) is 28.2 Å². The molecule has 1 aromatic rings. The number of aromatic nitrogens is 1. The van der Waals surface area contributed by atoms with Crippen molar-refractivity contribution in [1.82, 2.24) is 10.5 Å². The maximum absolute atomic E-state index is 12.0. The fourth-order valence-electron chi connectivity index (χ4n) is 2.49. The maximum Gasteiger partial charge on any atom is 0.308 e. The SMILES string of the molecule is Cc1cc(C(=O)N[C@H]2CCCCC[C@H]2C(=O)O)on1. The maximum atomic E-state index is 12.0. The minimum absolute atomic E-state index is 0.130. The summed E-state index contributed by atoms with van der Waals surface area (Å²) >= 11 is 0. The zero-order valence-corrected chi connectivity index (χ0v) is 10.9. The van der Waals surface area contributed by atoms with Crippen LogP contribution in [0.5, 0.6) is 0 Å². The van der Waals surface area contributed by atoms with E-state index in [4.69, 9.17) is 4.52 Å². The average molecular weight is 266 g/mol. The first kappa shape index (κ1) is 13.6. The largest absolute Gasteiger partial charge is 0.481 e. The third-order valence-electron chi connectivity index (χ3n) is 3.50. The summed E-state index contributed by atoms with van der Waals surface area (Å²) in [6.45, 7) is 1.73. The van der Waals surface area contributed by atoms with Gasteiger partial charge in [-0.2, -0.15) is 0 Å². The van der Waals surface area contributed by atoms with E-state index in [1.54, 1.807) is 13.0 Å². The number of carbonyl (C=O) groups excluding carboxylic acids is 1. The Hall–Kier alpha value is -1.85. The molecule has 2 rings (SSSR count). The predicted molar refractivity (Wildman–Crippen MR) is 66.7 cm³/mol. The van der Waals surface area contributed by atoms with Gasteiger partial charge in [0.25, 0.3) is 5.91 Å². The van der Waals surface area contributed by atoms with Gasteiger partial charge in [-0.1, -0.05) is 24.4 Å². The first-order chi connectivity index (χ1) is 9.08. The predicted octanol–water partition coefficient (Wildman–Crippen LogP) is 1.75. The molecule has 1 fully saturated rings. The Morgan fingerprint density at radius 3 is 2.74 bits per heavy atom. The Balaban J connectivity index is 2.06. The number of rotatable bonds is 3. The molecule has 0 spiro atoms. The quantitative estimate of drug-likeness (QED) is 0.813. The number of carboxylic acids is 1. The Morgan fingerprint density at radius 2 is 2.11 bits per heavy atom. The van der Waals surface area contributed by atoms with E-state index in [9.17, 15) is 14.7 Å². The van der Waals surface area contributed by atoms with Crippen LogP contribution in [0.3, 0.4) is 0 Å². The van der Waals surface area contributed by atoms with Gasteiger partial charge in [-0.25, -0.2) is 0 Å². The van der Waals surface area contributed by atoms with E-state index >= 15 is 0 Å². The summed E-state index contributed by atoms with van der Waals surface area (Å²) in [5.74, 6) is -1.62. The lowest BCUT2D eigenvalue weighted by Crippen LogP contribution is -2.42. The van der Waals surface area contributed by atoms with Gasteiger partial charge in [0.2, 0.25) is 5.76 Å². The smallest absolute Gasteiger partial charge is 0.308 e. The molecule has 1 heterocycles. The van der Waals surface area contributed by atoms with Crippen LogP contribution < -0.4 is 5.32 Å². The fraction of sp³-hybridized carbons (Fsp3) is 0.615. The molecule has 0 saturated heterocycles. The molecular formula is C13H18N2O4. The zero-order chi connectivity index (χ0) is 13.8. The van der Waals surface area contributed by atoms with Crippen LogP contribution in [0.15, 0.2) is 10.6 Å². The van der Waals surface area contributed by atoms with Crippen LogP contribution in [0.25, 0.3) is 0 Å². The van der Waals surface area contributed by atoms with Crippen LogP contribution in [-0.2, 0) is 4.79 Å². The molecule has 1 aliphatic rings. The molecule has 2 N–H and O–H groups in total. The summed E-state index contributed by atoms with van der Waals surface area (Å²) in [6, 6.07) is 1.21. The lowest BCUT2D eigenvalue weighted by Gasteiger charge is -2.22. The number of carbonyl (C=O) groups is 2. The van der Waals surface area contributed by atoms with Crippen molar-refractivity contribution in [3.63, 3.8) is 0 Å². The van der Waals surface area contributed by atoms with Gasteiger partial charge in [0.05, 0.1) is 11.6 Å². The summed E-state index contributed by atoms with van der Waals surface area (Å²) in [5.41, 5.74) is 0.626. The Labute approximate surface area is 111 Å². The van der Waals surface area contributed by atoms with Crippen LogP contribution in [0, 0.1) is 12.8 Å². The second-order valence-electron chi connectivity index (χ2n) is 5.00. The number of amides is 1. The number of carboxylic acid groups (broad SMARTS) is 1. The summed E-state index contributed by atoms with van der Waals surface area (Å²) in [7, 11) is 0. The second-order valence-corrected chi connectivity index (χ2v) is 5.00. The molecule has 6 nitrogen and oxygen atoms in total. The van der Waals surface area contributed by atoms with E-state index in [0.717, 1.165) is 19.3 Å². The van der Waals surface area contributed by atoms with Gasteiger partial charge in [-0.3, -0.25) is 9.59 Å². The van der Waals surface area contributed by atoms with Gasteiger partial charge < -0.3 is 14.9 Å². The van der Waals surface area contributed by atoms with Crippen molar-refractivity contribution in [2.24, 2.45) is 5.92 Å². The summed E-state index contributed by atoms with van der Waals surface area (Å²) < 4.78 is 4.89. The van der Waals surface area contributed by atoms with Gasteiger partial charge in [-0.05, 0) is 19.8 Å². The minimum Gasteiger partial charge on any atom is -0.481 e. The molecule has 1 amide bonds. The van der Waals surface area contributed by atoms with Crippen molar-refractivity contribution >= 4 is 11.9 Å². The fourth-order valence-corrected chi connectivity index (χ4v) is 2.49. The molecule has 0 aliphatic heterocycles. The molecule has 1 aliphatic carbocycles. The highest BCUT2D eigenvalue weighted by Gasteiger charge is 2.31. The van der Waals surface area contributed by atoms with E-state index in [2.05, 4.69) is 10.5 Å². The van der Waals surface area contributed by atoms with Crippen molar-refractivity contribution in [2.45, 2.75) is 45.1 Å². The molecule has 2 atom stereocenters. The van der Waals surface area contributed by atoms with Gasteiger partial charge in [0.1, 0.15) is 0 Å². The standard InChI is InChI=1S/C13H18N2O4/c1-8-7-11(19-15-8)12(16)14-10-6-4-2-3-5-9(10)13(17)18/h7,9-10H,2-6H2,1H3,(H,14,16)(H,17,18)/t9-,10+/m1/s1. The first-order valence-corrected chi connectivity index (χ1v) is 6.55. The molecule has 0 radical (unpaired) electrons. The lowest BCUT2D eigenvalue weighted by atomic mass is 9.95. The number of nitrogens with one attached hydrogen (secondary N) is 1. The van der Waals surface area contributed by atoms with E-state index < -0.39 is 17.8 Å². The van der Waals surface area contributed by atoms with Crippen molar-refractivity contribution in [3.8, 4) is 0 Å². The summed E-state index contributed by atoms with van der Waals surface area (Å²) in [5, 5.41) is 15.7. The molecule has 0 unspecified atom stereocenters. The number of nitrogens with zero attached hydrogens (tertiary/aromatic N) is 1. The number of aryl methyl sites for hydroxylation is 1. The minimum atomic E-state index is -0.846. The lowest BCUT2D eigenvalue weighted by molar-refractivity contribution is -0.142. The van der Waals surface area contributed by atoms with Crippen molar-refractivity contribution < 1.29 is 19.2 Å². The van der Waals surface area contributed by atoms with E-state index in [1.165, 1.54) is 0 Å². The van der Waals surface area contributed by atoms with Gasteiger partial charge in [0.15, 0.2) is 0 Å². The van der Waals surface area contributed by atoms with Gasteiger partial charge in [-0.15, -0.1) is 0 Å². The molecule has 19 heavy (non-hydrogen) atoms. The van der Waals surface area contributed by atoms with Crippen LogP contribution in [0.1, 0.15) is 48.4 Å². The number of hydrogen-bond acceptors (Lipinski definition) is 4. The molecule has 0 bridgehead atoms. The summed E-state index contributed by atoms with van der Waals surface area (Å²) in [4.78, 5) is 23.2. The van der Waals surface area contributed by atoms with Crippen LogP contribution >= 0.6 is 0 Å². The Morgan fingerprint density at radius 1 is 1.37 bits per heavy atom. The third-order valence-corrected chi connectivity index (χ3v) is 3.50. The molecule has 1 aromatic heterocycles. The average Bonchev–Trinajstić information content (AvgIpc) is 2.65. The molecular weight excluding hydrogens is 248 g/mol. The highest BCUT2D eigenvalue weighted by Crippen LogP contribution is 2.24. The normalized spacial score (nSPS) is 23.6. The first-order valence-electron chi connectivity index (χ1n) is 6.55. The van der Waals surface area contributed by atoms with Crippen LogP contribution in [0.4, 0.5) is 0 Å². The zero-order valence-electron chi connectivity index (χ0n) is 10.9. The Kier molecular flexibility index (Phi) is 4.19. The van der Waals surface area contributed by atoms with Crippen molar-refractivity contribution in [2.75, 3.05) is 0 Å². The molecule has 104 valence electrons. The van der Waals surface area contributed by atoms with Crippen molar-refractivity contribution in [3.05, 3.63) is 17.5 Å². The molecule has 0 aromatic carbocycles. The highest BCUT2D eigenvalue weighted by atomic mass is 16.5. The van der Waals surface area contributed by atoms with E-state index in [1.807, 2.05) is 0 Å². The molecule has 1 saturated carbocycles. The monoisotopic (exact) mass is 266 g/mol. The summed E-state index contributed by atoms with van der Waals surface area (Å²) in [6.07, 6.45) is 4.14. The highest BCUT2D eigenvalue weighted by molar-refractivity contribution is 5.92. The second kappa shape index (κ2) is 5.86.